The van der Waals surface area contributed by atoms with E-state index in [-0.39, 0.29) is 29.2 Å². The minimum absolute atomic E-state index is 0.0544. The first-order valence-corrected chi connectivity index (χ1v) is 11.2. The van der Waals surface area contributed by atoms with Crippen LogP contribution in [-0.2, 0) is 4.79 Å². The van der Waals surface area contributed by atoms with Crippen LogP contribution in [0.2, 0.25) is 0 Å². The van der Waals surface area contributed by atoms with Crippen LogP contribution in [0.1, 0.15) is 36.2 Å². The Morgan fingerprint density at radius 1 is 1.11 bits per heavy atom. The molecule has 1 aliphatic rings. The van der Waals surface area contributed by atoms with Crippen molar-refractivity contribution in [3.8, 4) is 22.8 Å². The SMILES string of the molecule is [C-]#[N+]C(=C)C(=O)N1CC(n2nc(-c3ccc(Oc4ccccc4)cc3)c(C(N)=O)c2N)CCC1C. The van der Waals surface area contributed by atoms with Gasteiger partial charge in [0.25, 0.3) is 11.8 Å². The molecule has 4 rings (SSSR count). The van der Waals surface area contributed by atoms with Crippen molar-refractivity contribution in [1.82, 2.24) is 14.7 Å². The zero-order chi connectivity index (χ0) is 25.1. The van der Waals surface area contributed by atoms with Gasteiger partial charge in [-0.15, -0.1) is 0 Å². The van der Waals surface area contributed by atoms with E-state index in [0.29, 0.717) is 42.1 Å². The number of benzene rings is 2. The van der Waals surface area contributed by atoms with Crippen molar-refractivity contribution in [2.45, 2.75) is 31.8 Å². The molecule has 178 valence electrons. The summed E-state index contributed by atoms with van der Waals surface area (Å²) in [5.74, 6) is 0.383. The monoisotopic (exact) mass is 470 g/mol. The Kier molecular flexibility index (Phi) is 6.55. The van der Waals surface area contributed by atoms with Crippen molar-refractivity contribution in [3.05, 3.63) is 83.9 Å². The number of hydrogen-bond donors (Lipinski definition) is 2. The second-order valence-electron chi connectivity index (χ2n) is 8.45. The number of primary amides is 1. The summed E-state index contributed by atoms with van der Waals surface area (Å²) in [6, 6.07) is 16.2. The van der Waals surface area contributed by atoms with Gasteiger partial charge in [0.1, 0.15) is 28.6 Å². The molecule has 35 heavy (non-hydrogen) atoms. The molecule has 2 unspecified atom stereocenters. The van der Waals surface area contributed by atoms with E-state index >= 15 is 0 Å². The molecule has 2 heterocycles. The molecule has 2 aromatic carbocycles. The van der Waals surface area contributed by atoms with E-state index in [1.54, 1.807) is 33.8 Å². The smallest absolute Gasteiger partial charge is 0.254 e. The lowest BCUT2D eigenvalue weighted by Gasteiger charge is -2.38. The number of carbonyl (C=O) groups is 2. The number of nitrogen functional groups attached to an aromatic ring is 1. The van der Waals surface area contributed by atoms with Crippen LogP contribution in [-0.4, -0.2) is 39.1 Å². The predicted octanol–water partition coefficient (Wildman–Crippen LogP) is 4.01. The normalized spacial score (nSPS) is 17.4. The molecule has 3 aromatic rings. The Morgan fingerprint density at radius 3 is 2.40 bits per heavy atom. The molecule has 9 heteroatoms. The van der Waals surface area contributed by atoms with Gasteiger partial charge < -0.3 is 21.1 Å². The van der Waals surface area contributed by atoms with E-state index < -0.39 is 11.8 Å². The molecule has 2 atom stereocenters. The number of likely N-dealkylation sites (tertiary alicyclic amines) is 1. The lowest BCUT2D eigenvalue weighted by molar-refractivity contribution is -0.130. The van der Waals surface area contributed by atoms with Gasteiger partial charge in [-0.05, 0) is 56.2 Å². The van der Waals surface area contributed by atoms with Gasteiger partial charge in [0.15, 0.2) is 0 Å². The van der Waals surface area contributed by atoms with E-state index in [1.807, 2.05) is 37.3 Å². The summed E-state index contributed by atoms with van der Waals surface area (Å²) in [5, 5.41) is 4.65. The first kappa shape index (κ1) is 23.6. The highest BCUT2D eigenvalue weighted by atomic mass is 16.5. The number of ether oxygens (including phenoxy) is 1. The van der Waals surface area contributed by atoms with Crippen molar-refractivity contribution in [3.63, 3.8) is 0 Å². The van der Waals surface area contributed by atoms with Crippen LogP contribution >= 0.6 is 0 Å². The first-order chi connectivity index (χ1) is 16.8. The number of rotatable bonds is 6. The van der Waals surface area contributed by atoms with Crippen molar-refractivity contribution >= 4 is 17.6 Å². The van der Waals surface area contributed by atoms with Crippen molar-refractivity contribution < 1.29 is 14.3 Å². The molecule has 0 aliphatic carbocycles. The number of aromatic nitrogens is 2. The first-order valence-electron chi connectivity index (χ1n) is 11.2. The van der Waals surface area contributed by atoms with Crippen LogP contribution in [0, 0.1) is 6.57 Å². The maximum absolute atomic E-state index is 12.6. The number of nitrogens with two attached hydrogens (primary N) is 2. The zero-order valence-electron chi connectivity index (χ0n) is 19.3. The van der Waals surface area contributed by atoms with Crippen LogP contribution in [0.25, 0.3) is 16.1 Å². The number of hydrogen-bond acceptors (Lipinski definition) is 5. The van der Waals surface area contributed by atoms with Gasteiger partial charge in [-0.1, -0.05) is 24.8 Å². The fourth-order valence-corrected chi connectivity index (χ4v) is 4.26. The average molecular weight is 471 g/mol. The van der Waals surface area contributed by atoms with Crippen molar-refractivity contribution in [2.75, 3.05) is 12.3 Å². The Hall–Kier alpha value is -4.58. The van der Waals surface area contributed by atoms with Gasteiger partial charge in [-0.3, -0.25) is 9.59 Å². The number of nitrogens with zero attached hydrogens (tertiary/aromatic N) is 4. The standard InChI is InChI=1S/C26H26N6O3/c1-16-9-12-19(15-31(16)26(34)17(2)29-3)32-24(27)22(25(28)33)23(30-32)18-10-13-21(14-11-18)35-20-7-5-4-6-8-20/h4-8,10-11,13-14,16,19H,2,9,12,15,27H2,1H3,(H2,28,33). The van der Waals surface area contributed by atoms with E-state index in [1.165, 1.54) is 0 Å². The number of carbonyl (C=O) groups excluding carboxylic acids is 2. The third-order valence-electron chi connectivity index (χ3n) is 6.15. The molecule has 1 aromatic heterocycles. The van der Waals surface area contributed by atoms with Crippen LogP contribution in [0.3, 0.4) is 0 Å². The molecule has 1 aliphatic heterocycles. The average Bonchev–Trinajstić information content (AvgIpc) is 3.21. The van der Waals surface area contributed by atoms with Gasteiger partial charge >= 0.3 is 0 Å². The molecule has 1 fully saturated rings. The Balaban J connectivity index is 1.64. The summed E-state index contributed by atoms with van der Waals surface area (Å²) >= 11 is 0. The van der Waals surface area contributed by atoms with E-state index in [0.717, 1.165) is 0 Å². The fraction of sp³-hybridized carbons (Fsp3) is 0.231. The lowest BCUT2D eigenvalue weighted by atomic mass is 9.99. The molecule has 0 saturated carbocycles. The van der Waals surface area contributed by atoms with Crippen LogP contribution in [0.15, 0.2) is 66.9 Å². The second kappa shape index (κ2) is 9.73. The summed E-state index contributed by atoms with van der Waals surface area (Å²) in [7, 11) is 0. The summed E-state index contributed by atoms with van der Waals surface area (Å²) in [4.78, 5) is 29.7. The van der Waals surface area contributed by atoms with E-state index in [4.69, 9.17) is 22.8 Å². The summed E-state index contributed by atoms with van der Waals surface area (Å²) in [6.07, 6.45) is 1.39. The van der Waals surface area contributed by atoms with Gasteiger partial charge in [0, 0.05) is 18.2 Å². The summed E-state index contributed by atoms with van der Waals surface area (Å²) < 4.78 is 7.40. The highest BCUT2D eigenvalue weighted by molar-refractivity contribution is 6.03. The quantitative estimate of drug-likeness (QED) is 0.417. The van der Waals surface area contributed by atoms with E-state index in [9.17, 15) is 9.59 Å². The van der Waals surface area contributed by atoms with Crippen molar-refractivity contribution in [2.24, 2.45) is 5.73 Å². The molecule has 0 spiro atoms. The van der Waals surface area contributed by atoms with E-state index in [2.05, 4.69) is 16.5 Å². The maximum atomic E-state index is 12.6. The minimum Gasteiger partial charge on any atom is -0.457 e. The third kappa shape index (κ3) is 4.73. The molecular weight excluding hydrogens is 444 g/mol. The largest absolute Gasteiger partial charge is 0.457 e. The number of para-hydroxylation sites is 1. The van der Waals surface area contributed by atoms with Crippen LogP contribution in [0.4, 0.5) is 5.82 Å². The predicted molar refractivity (Wildman–Crippen MR) is 132 cm³/mol. The molecular formula is C26H26N6O3. The Morgan fingerprint density at radius 2 is 1.77 bits per heavy atom. The Labute approximate surface area is 203 Å². The van der Waals surface area contributed by atoms with Gasteiger partial charge in [-0.2, -0.15) is 5.10 Å². The van der Waals surface area contributed by atoms with Gasteiger partial charge in [0.2, 0.25) is 5.70 Å². The maximum Gasteiger partial charge on any atom is 0.254 e. The topological polar surface area (TPSA) is 121 Å². The molecule has 0 radical (unpaired) electrons. The summed E-state index contributed by atoms with van der Waals surface area (Å²) in [6.45, 7) is 12.9. The fourth-order valence-electron chi connectivity index (χ4n) is 4.26. The molecule has 9 nitrogen and oxygen atoms in total. The molecule has 2 amide bonds. The second-order valence-corrected chi connectivity index (χ2v) is 8.45. The zero-order valence-corrected chi connectivity index (χ0v) is 19.3. The number of amides is 2. The minimum atomic E-state index is -0.688. The van der Waals surface area contributed by atoms with Gasteiger partial charge in [-0.25, -0.2) is 9.53 Å². The number of piperidine rings is 1. The Bertz CT molecular complexity index is 1310. The third-order valence-corrected chi connectivity index (χ3v) is 6.15. The highest BCUT2D eigenvalue weighted by Crippen LogP contribution is 2.34. The highest BCUT2D eigenvalue weighted by Gasteiger charge is 2.34. The number of anilines is 1. The molecule has 4 N–H and O–H groups in total. The van der Waals surface area contributed by atoms with Crippen molar-refractivity contribution in [1.29, 1.82) is 0 Å². The lowest BCUT2D eigenvalue weighted by Crippen LogP contribution is -2.46. The van der Waals surface area contributed by atoms with Crippen LogP contribution < -0.4 is 16.2 Å². The summed E-state index contributed by atoms with van der Waals surface area (Å²) in [5.41, 5.74) is 13.0. The van der Waals surface area contributed by atoms with Gasteiger partial charge in [0.05, 0.1) is 12.6 Å². The molecule has 1 saturated heterocycles. The molecule has 0 bridgehead atoms. The van der Waals surface area contributed by atoms with Crippen LogP contribution in [0.5, 0.6) is 11.5 Å².